The van der Waals surface area contributed by atoms with Gasteiger partial charge in [-0.05, 0) is 23.7 Å². The maximum absolute atomic E-state index is 2.25. The maximum atomic E-state index is 2.25. The van der Waals surface area contributed by atoms with Crippen molar-refractivity contribution in [2.75, 3.05) is 0 Å². The molecule has 2 aromatic heterocycles. The Balaban J connectivity index is 2.95. The van der Waals surface area contributed by atoms with Crippen molar-refractivity contribution >= 4 is 26.6 Å². The lowest BCUT2D eigenvalue weighted by Crippen LogP contribution is -1.48. The van der Waals surface area contributed by atoms with Crippen molar-refractivity contribution < 1.29 is 0 Å². The highest BCUT2D eigenvalue weighted by Gasteiger charge is 1.87. The standard InChI is InChI=1S/C7H6P2/c1-2-6-7(8-4-1)3-5-9-6/h1-5,9H. The average molecular weight is 152 g/mol. The predicted octanol–water partition coefficient (Wildman–Crippen LogP) is 3.45. The van der Waals surface area contributed by atoms with Gasteiger partial charge in [0.05, 0.1) is 0 Å². The largest absolute Gasteiger partial charge is 0.131 e. The Labute approximate surface area is 57.1 Å². The second-order valence-electron chi connectivity index (χ2n) is 1.91. The zero-order valence-corrected chi connectivity index (χ0v) is 6.73. The van der Waals surface area contributed by atoms with Crippen LogP contribution in [0.15, 0.2) is 29.8 Å². The normalized spacial score (nSPS) is 12.0. The van der Waals surface area contributed by atoms with E-state index < -0.39 is 0 Å². The summed E-state index contributed by atoms with van der Waals surface area (Å²) in [4.78, 5) is 0. The highest BCUT2D eigenvalue weighted by atomic mass is 31.0. The summed E-state index contributed by atoms with van der Waals surface area (Å²) in [5.41, 5.74) is 0. The van der Waals surface area contributed by atoms with E-state index in [1.54, 1.807) is 0 Å². The van der Waals surface area contributed by atoms with Gasteiger partial charge in [0, 0.05) is 10.2 Å². The van der Waals surface area contributed by atoms with Gasteiger partial charge in [-0.25, -0.2) is 0 Å². The van der Waals surface area contributed by atoms with Crippen LogP contribution < -0.4 is 0 Å². The summed E-state index contributed by atoms with van der Waals surface area (Å²) in [5.74, 6) is 4.43. The van der Waals surface area contributed by atoms with Crippen molar-refractivity contribution in [2.24, 2.45) is 0 Å². The van der Waals surface area contributed by atoms with Gasteiger partial charge in [-0.15, -0.1) is 8.19 Å². The zero-order chi connectivity index (χ0) is 6.10. The van der Waals surface area contributed by atoms with Gasteiger partial charge in [0.2, 0.25) is 0 Å². The van der Waals surface area contributed by atoms with E-state index in [1.165, 1.54) is 18.4 Å². The lowest BCUT2D eigenvalue weighted by Gasteiger charge is -1.82. The molecule has 44 valence electrons. The minimum absolute atomic E-state index is 0.923. The van der Waals surface area contributed by atoms with Gasteiger partial charge in [-0.1, -0.05) is 14.3 Å². The first kappa shape index (κ1) is 5.47. The summed E-state index contributed by atoms with van der Waals surface area (Å²) in [7, 11) is 2.30. The van der Waals surface area contributed by atoms with Gasteiger partial charge in [0.1, 0.15) is 0 Å². The Bertz CT molecular complexity index is 281. The number of rotatable bonds is 0. The van der Waals surface area contributed by atoms with Gasteiger partial charge in [-0.2, -0.15) is 0 Å². The number of hydrogen-bond donors (Lipinski definition) is 0. The van der Waals surface area contributed by atoms with Crippen LogP contribution in [0.2, 0.25) is 0 Å². The molecule has 9 heavy (non-hydrogen) atoms. The fourth-order valence-electron chi connectivity index (χ4n) is 0.883. The Kier molecular flexibility index (Phi) is 1.30. The van der Waals surface area contributed by atoms with E-state index in [2.05, 4.69) is 29.8 Å². The van der Waals surface area contributed by atoms with Crippen LogP contribution >= 0.6 is 16.4 Å². The molecule has 0 aliphatic heterocycles. The monoisotopic (exact) mass is 152 g/mol. The van der Waals surface area contributed by atoms with Crippen LogP contribution in [0, 0.1) is 0 Å². The van der Waals surface area contributed by atoms with Gasteiger partial charge >= 0.3 is 0 Å². The third-order valence-electron chi connectivity index (χ3n) is 1.32. The lowest BCUT2D eigenvalue weighted by molar-refractivity contribution is 2.03. The van der Waals surface area contributed by atoms with Gasteiger partial charge in [-0.3, -0.25) is 0 Å². The van der Waals surface area contributed by atoms with Crippen LogP contribution in [-0.4, -0.2) is 0 Å². The van der Waals surface area contributed by atoms with Crippen LogP contribution in [0.5, 0.6) is 0 Å². The van der Waals surface area contributed by atoms with E-state index >= 15 is 0 Å². The van der Waals surface area contributed by atoms with Gasteiger partial charge in [0.25, 0.3) is 0 Å². The summed E-state index contributed by atoms with van der Waals surface area (Å²) >= 11 is 0. The van der Waals surface area contributed by atoms with E-state index in [1.807, 2.05) is 0 Å². The molecule has 2 heterocycles. The third-order valence-corrected chi connectivity index (χ3v) is 3.60. The molecule has 2 heteroatoms. The van der Waals surface area contributed by atoms with Crippen molar-refractivity contribution in [3.05, 3.63) is 29.8 Å². The molecular weight excluding hydrogens is 146 g/mol. The first-order valence-electron chi connectivity index (χ1n) is 2.85. The quantitative estimate of drug-likeness (QED) is 0.542. The molecule has 0 spiro atoms. The van der Waals surface area contributed by atoms with Crippen molar-refractivity contribution in [3.8, 4) is 0 Å². The molecule has 0 N–H and O–H groups in total. The Morgan fingerprint density at radius 1 is 1.33 bits per heavy atom. The Morgan fingerprint density at radius 2 is 2.33 bits per heavy atom. The summed E-state index contributed by atoms with van der Waals surface area (Å²) in [6, 6.07) is 6.58. The second-order valence-corrected chi connectivity index (χ2v) is 4.11. The van der Waals surface area contributed by atoms with E-state index in [0.29, 0.717) is 0 Å². The molecule has 0 amide bonds. The van der Waals surface area contributed by atoms with E-state index in [-0.39, 0.29) is 0 Å². The molecule has 1 unspecified atom stereocenters. The SMILES string of the molecule is c1cpc2cc[pH]c2c1. The topological polar surface area (TPSA) is 0 Å². The molecule has 0 saturated heterocycles. The van der Waals surface area contributed by atoms with Crippen molar-refractivity contribution in [3.63, 3.8) is 0 Å². The predicted molar refractivity (Wildman–Crippen MR) is 46.0 cm³/mol. The summed E-state index contributed by atoms with van der Waals surface area (Å²) < 4.78 is 0. The second kappa shape index (κ2) is 2.14. The van der Waals surface area contributed by atoms with E-state index in [4.69, 9.17) is 0 Å². The average Bonchev–Trinajstić information content (AvgIpc) is 2.33. The van der Waals surface area contributed by atoms with Gasteiger partial charge < -0.3 is 0 Å². The zero-order valence-electron chi connectivity index (χ0n) is 4.83. The minimum atomic E-state index is 0.923. The number of hydrogen-bond acceptors (Lipinski definition) is 0. The maximum Gasteiger partial charge on any atom is 0.0130 e. The van der Waals surface area contributed by atoms with Crippen LogP contribution in [0.25, 0.3) is 10.2 Å². The highest BCUT2D eigenvalue weighted by Crippen LogP contribution is 2.29. The van der Waals surface area contributed by atoms with Crippen LogP contribution in [0.4, 0.5) is 0 Å². The molecule has 0 aliphatic rings. The molecule has 2 rings (SSSR count). The summed E-state index contributed by atoms with van der Waals surface area (Å²) in [6.07, 6.45) is 0. The molecule has 0 nitrogen and oxygen atoms in total. The molecule has 0 bridgehead atoms. The molecule has 0 aromatic carbocycles. The smallest absolute Gasteiger partial charge is 0.0130 e. The molecule has 0 saturated carbocycles. The molecule has 0 fully saturated rings. The number of fused-ring (bicyclic) bond motifs is 1. The molecule has 1 atom stereocenters. The van der Waals surface area contributed by atoms with Crippen LogP contribution in [0.1, 0.15) is 0 Å². The van der Waals surface area contributed by atoms with E-state index in [9.17, 15) is 0 Å². The first-order valence-corrected chi connectivity index (χ1v) is 4.89. The van der Waals surface area contributed by atoms with E-state index in [0.717, 1.165) is 8.19 Å². The van der Waals surface area contributed by atoms with Crippen molar-refractivity contribution in [2.45, 2.75) is 0 Å². The summed E-state index contributed by atoms with van der Waals surface area (Å²) in [5, 5.41) is 3.02. The summed E-state index contributed by atoms with van der Waals surface area (Å²) in [6.45, 7) is 0. The highest BCUT2D eigenvalue weighted by molar-refractivity contribution is 7.43. The molecular formula is C7H6P2. The first-order chi connectivity index (χ1) is 4.47. The van der Waals surface area contributed by atoms with Crippen LogP contribution in [0.3, 0.4) is 0 Å². The Morgan fingerprint density at radius 3 is 3.22 bits per heavy atom. The van der Waals surface area contributed by atoms with Gasteiger partial charge in [0.15, 0.2) is 0 Å². The minimum Gasteiger partial charge on any atom is -0.131 e. The lowest BCUT2D eigenvalue weighted by atomic mass is 10.5. The Hall–Kier alpha value is -0.310. The fraction of sp³-hybridized carbons (Fsp3) is 0. The van der Waals surface area contributed by atoms with Crippen molar-refractivity contribution in [1.82, 2.24) is 0 Å². The fourth-order valence-corrected chi connectivity index (χ4v) is 2.97. The van der Waals surface area contributed by atoms with Crippen molar-refractivity contribution in [1.29, 1.82) is 0 Å². The third kappa shape index (κ3) is 0.894. The van der Waals surface area contributed by atoms with Crippen LogP contribution in [-0.2, 0) is 0 Å². The molecule has 0 aliphatic carbocycles. The molecule has 0 radical (unpaired) electrons. The molecule has 2 aromatic rings.